The third-order valence-corrected chi connectivity index (χ3v) is 9.90. The second-order valence-electron chi connectivity index (χ2n) is 9.84. The molecule has 4 rings (SSSR count). The van der Waals surface area contributed by atoms with Crippen LogP contribution in [0.3, 0.4) is 0 Å². The van der Waals surface area contributed by atoms with Crippen LogP contribution in [0.5, 0.6) is 0 Å². The topological polar surface area (TPSA) is 96.7 Å². The number of hydrogen-bond donors (Lipinski definition) is 2. The largest absolute Gasteiger partial charge is 0.421 e. The highest BCUT2D eigenvalue weighted by Crippen LogP contribution is 2.39. The third-order valence-electron chi connectivity index (χ3n) is 7.44. The van der Waals surface area contributed by atoms with E-state index in [1.165, 1.54) is 34.6 Å². The first-order valence-electron chi connectivity index (χ1n) is 12.0. The third kappa shape index (κ3) is 5.33. The van der Waals surface area contributed by atoms with Crippen LogP contribution in [0.25, 0.3) is 0 Å². The highest BCUT2D eigenvalue weighted by atomic mass is 32.2. The van der Waals surface area contributed by atoms with E-state index in [2.05, 4.69) is 11.4 Å². The molecule has 1 aliphatic heterocycles. The van der Waals surface area contributed by atoms with E-state index in [0.29, 0.717) is 43.3 Å². The van der Waals surface area contributed by atoms with Crippen molar-refractivity contribution in [3.8, 4) is 6.07 Å². The summed E-state index contributed by atoms with van der Waals surface area (Å²) in [5, 5.41) is 22.9. The number of allylic oxidation sites excluding steroid dienone is 4. The number of hydrogen-bond acceptors (Lipinski definition) is 7. The Balaban J connectivity index is 1.59. The SMILES string of the molecule is CC(O)(c1ccc(N2CCN(S(=O)(=O)C3=CC=CCC3=S)C[C@@H]2CNC2(C#N)CCC2)cc1)C(F)(F)F. The second-order valence-corrected chi connectivity index (χ2v) is 12.2. The molecule has 3 aliphatic rings. The van der Waals surface area contributed by atoms with E-state index in [1.54, 1.807) is 12.2 Å². The van der Waals surface area contributed by atoms with Crippen LogP contribution in [-0.4, -0.2) is 66.6 Å². The maximum absolute atomic E-state index is 13.4. The zero-order chi connectivity index (χ0) is 27.1. The van der Waals surface area contributed by atoms with Gasteiger partial charge in [-0.25, -0.2) is 8.42 Å². The van der Waals surface area contributed by atoms with Crippen LogP contribution in [0.2, 0.25) is 0 Å². The number of nitrogens with one attached hydrogen (secondary N) is 1. The summed E-state index contributed by atoms with van der Waals surface area (Å²) in [7, 11) is -3.84. The van der Waals surface area contributed by atoms with E-state index in [1.807, 2.05) is 4.90 Å². The zero-order valence-corrected chi connectivity index (χ0v) is 22.0. The Hall–Kier alpha value is -2.30. The standard InChI is InChI=1S/C25H29F3N4O3S2/c1-23(33,25(26,27)28)18-7-9-19(10-8-18)32-14-13-31(37(34,35)22-6-3-2-5-21(22)36)16-20(32)15-30-24(17-29)11-4-12-24/h2-3,6-10,20,30,33H,4-5,11-16H2,1H3/t20-,23?/m0/s1. The first kappa shape index (κ1) is 27.7. The van der Waals surface area contributed by atoms with Crippen LogP contribution >= 0.6 is 12.2 Å². The molecule has 0 aromatic heterocycles. The summed E-state index contributed by atoms with van der Waals surface area (Å²) in [5.41, 5.74) is -3.34. The van der Waals surface area contributed by atoms with Gasteiger partial charge in [0.1, 0.15) is 5.54 Å². The fourth-order valence-electron chi connectivity index (χ4n) is 4.77. The molecule has 2 N–H and O–H groups in total. The van der Waals surface area contributed by atoms with E-state index < -0.39 is 33.4 Å². The molecule has 0 bridgehead atoms. The molecule has 1 aromatic rings. The van der Waals surface area contributed by atoms with Gasteiger partial charge in [-0.2, -0.15) is 22.7 Å². The molecule has 0 radical (unpaired) electrons. The summed E-state index contributed by atoms with van der Waals surface area (Å²) in [6.45, 7) is 1.58. The van der Waals surface area contributed by atoms with Crippen molar-refractivity contribution in [2.75, 3.05) is 31.1 Å². The summed E-state index contributed by atoms with van der Waals surface area (Å²) >= 11 is 5.30. The molecule has 2 fully saturated rings. The molecule has 200 valence electrons. The van der Waals surface area contributed by atoms with Gasteiger partial charge in [-0.3, -0.25) is 5.32 Å². The molecule has 0 spiro atoms. The monoisotopic (exact) mass is 554 g/mol. The lowest BCUT2D eigenvalue weighted by Crippen LogP contribution is -2.61. The molecular formula is C25H29F3N4O3S2. The molecule has 1 unspecified atom stereocenters. The van der Waals surface area contributed by atoms with Crippen molar-refractivity contribution in [1.29, 1.82) is 5.26 Å². The molecule has 2 atom stereocenters. The van der Waals surface area contributed by atoms with Crippen LogP contribution in [0.4, 0.5) is 18.9 Å². The highest BCUT2D eigenvalue weighted by Gasteiger charge is 2.51. The van der Waals surface area contributed by atoms with Crippen molar-refractivity contribution in [2.24, 2.45) is 0 Å². The number of nitrogens with zero attached hydrogens (tertiary/aromatic N) is 3. The minimum atomic E-state index is -4.83. The molecule has 1 saturated heterocycles. The molecule has 37 heavy (non-hydrogen) atoms. The van der Waals surface area contributed by atoms with Crippen LogP contribution in [0.15, 0.2) is 47.4 Å². The number of anilines is 1. The Morgan fingerprint density at radius 3 is 2.46 bits per heavy atom. The number of halogens is 3. The molecule has 1 heterocycles. The maximum atomic E-state index is 13.4. The molecule has 1 aromatic carbocycles. The predicted octanol–water partition coefficient (Wildman–Crippen LogP) is 3.53. The van der Waals surface area contributed by atoms with Gasteiger partial charge in [0.2, 0.25) is 10.0 Å². The van der Waals surface area contributed by atoms with Crippen LogP contribution in [0, 0.1) is 11.3 Å². The van der Waals surface area contributed by atoms with Crippen LogP contribution < -0.4 is 10.2 Å². The average Bonchev–Trinajstić information content (AvgIpc) is 2.83. The maximum Gasteiger partial charge on any atom is 0.421 e. The summed E-state index contributed by atoms with van der Waals surface area (Å²) in [5.74, 6) is 0. The Morgan fingerprint density at radius 2 is 1.92 bits per heavy atom. The van der Waals surface area contributed by atoms with Crippen molar-refractivity contribution >= 4 is 32.8 Å². The number of benzene rings is 1. The van der Waals surface area contributed by atoms with Gasteiger partial charge in [-0.1, -0.05) is 36.5 Å². The number of rotatable bonds is 7. The van der Waals surface area contributed by atoms with Crippen molar-refractivity contribution < 1.29 is 26.7 Å². The van der Waals surface area contributed by atoms with Crippen molar-refractivity contribution in [3.63, 3.8) is 0 Å². The predicted molar refractivity (Wildman–Crippen MR) is 138 cm³/mol. The Kier molecular flexibility index (Phi) is 7.58. The highest BCUT2D eigenvalue weighted by molar-refractivity contribution is 7.96. The van der Waals surface area contributed by atoms with Gasteiger partial charge < -0.3 is 10.0 Å². The molecule has 7 nitrogen and oxygen atoms in total. The van der Waals surface area contributed by atoms with Gasteiger partial charge in [0, 0.05) is 43.2 Å². The van der Waals surface area contributed by atoms with E-state index in [4.69, 9.17) is 12.2 Å². The minimum absolute atomic E-state index is 0.108. The lowest BCUT2D eigenvalue weighted by atomic mass is 9.78. The van der Waals surface area contributed by atoms with Gasteiger partial charge in [0.15, 0.2) is 5.60 Å². The molecule has 0 amide bonds. The molecule has 12 heteroatoms. The first-order chi connectivity index (χ1) is 17.3. The molecule has 2 aliphatic carbocycles. The van der Waals surface area contributed by atoms with E-state index in [9.17, 15) is 32.0 Å². The lowest BCUT2D eigenvalue weighted by Gasteiger charge is -2.45. The van der Waals surface area contributed by atoms with Crippen LogP contribution in [0.1, 0.15) is 38.2 Å². The summed E-state index contributed by atoms with van der Waals surface area (Å²) in [6, 6.07) is 7.39. The van der Waals surface area contributed by atoms with E-state index in [-0.39, 0.29) is 30.1 Å². The fraction of sp³-hybridized carbons (Fsp3) is 0.520. The van der Waals surface area contributed by atoms with Gasteiger partial charge in [0.05, 0.1) is 17.0 Å². The van der Waals surface area contributed by atoms with Crippen molar-refractivity contribution in [1.82, 2.24) is 9.62 Å². The van der Waals surface area contributed by atoms with E-state index >= 15 is 0 Å². The van der Waals surface area contributed by atoms with Crippen LogP contribution in [-0.2, 0) is 15.6 Å². The lowest BCUT2D eigenvalue weighted by molar-refractivity contribution is -0.258. The summed E-state index contributed by atoms with van der Waals surface area (Å²) in [4.78, 5) is 2.39. The number of thiocarbonyl (C=S) groups is 1. The normalized spacial score (nSPS) is 24.1. The van der Waals surface area contributed by atoms with Gasteiger partial charge >= 0.3 is 6.18 Å². The number of nitriles is 1. The zero-order valence-electron chi connectivity index (χ0n) is 20.3. The smallest absolute Gasteiger partial charge is 0.376 e. The Morgan fingerprint density at radius 1 is 1.24 bits per heavy atom. The van der Waals surface area contributed by atoms with Gasteiger partial charge in [-0.15, -0.1) is 0 Å². The number of piperazine rings is 1. The first-order valence-corrected chi connectivity index (χ1v) is 13.9. The quantitative estimate of drug-likeness (QED) is 0.498. The number of alkyl halides is 3. The number of aliphatic hydroxyl groups is 1. The Labute approximate surface area is 220 Å². The molecular weight excluding hydrogens is 525 g/mol. The van der Waals surface area contributed by atoms with E-state index in [0.717, 1.165) is 6.42 Å². The summed E-state index contributed by atoms with van der Waals surface area (Å²) in [6.07, 6.45) is 2.84. The second kappa shape index (κ2) is 10.1. The average molecular weight is 555 g/mol. The van der Waals surface area contributed by atoms with Gasteiger partial charge in [0.25, 0.3) is 0 Å². The minimum Gasteiger partial charge on any atom is -0.376 e. The number of sulfonamides is 1. The van der Waals surface area contributed by atoms with Crippen molar-refractivity contribution in [2.45, 2.75) is 56.0 Å². The summed E-state index contributed by atoms with van der Waals surface area (Å²) < 4.78 is 68.1. The Bertz CT molecular complexity index is 1250. The molecule has 1 saturated carbocycles. The fourth-order valence-corrected chi connectivity index (χ4v) is 6.84. The van der Waals surface area contributed by atoms with Gasteiger partial charge in [-0.05, 0) is 50.0 Å². The van der Waals surface area contributed by atoms with Crippen molar-refractivity contribution in [3.05, 3.63) is 53.0 Å².